The molecule has 0 radical (unpaired) electrons. The fraction of sp³-hybridized carbons (Fsp3) is 0.231. The highest BCUT2D eigenvalue weighted by Crippen LogP contribution is 2.30. The van der Waals surface area contributed by atoms with E-state index in [4.69, 9.17) is 26.1 Å². The van der Waals surface area contributed by atoms with Gasteiger partial charge in [0.25, 0.3) is 0 Å². The number of carbonyl (C=O) groups is 1. The highest BCUT2D eigenvalue weighted by Gasteiger charge is 2.19. The van der Waals surface area contributed by atoms with Gasteiger partial charge in [-0.15, -0.1) is 11.3 Å². The predicted octanol–water partition coefficient (Wildman–Crippen LogP) is 6.10. The zero-order valence-corrected chi connectivity index (χ0v) is 20.2. The second-order valence-electron chi connectivity index (χ2n) is 7.71. The molecule has 176 valence electrons. The molecule has 0 spiro atoms. The summed E-state index contributed by atoms with van der Waals surface area (Å²) in [4.78, 5) is 16.0. The van der Waals surface area contributed by atoms with Crippen LogP contribution in [0.4, 0.5) is 0 Å². The van der Waals surface area contributed by atoms with Gasteiger partial charge >= 0.3 is 5.97 Å². The van der Waals surface area contributed by atoms with E-state index in [0.717, 1.165) is 20.8 Å². The number of benzene rings is 3. The highest BCUT2D eigenvalue weighted by atomic mass is 35.5. The van der Waals surface area contributed by atoms with Crippen molar-refractivity contribution in [1.29, 1.82) is 0 Å². The summed E-state index contributed by atoms with van der Waals surface area (Å²) in [5, 5.41) is 14.2. The number of rotatable bonds is 11. The van der Waals surface area contributed by atoms with Gasteiger partial charge < -0.3 is 19.9 Å². The maximum Gasteiger partial charge on any atom is 0.344 e. The van der Waals surface area contributed by atoms with Crippen LogP contribution in [0.25, 0.3) is 10.2 Å². The van der Waals surface area contributed by atoms with Crippen LogP contribution in [0.5, 0.6) is 11.5 Å². The third-order valence-electron chi connectivity index (χ3n) is 5.16. The van der Waals surface area contributed by atoms with Crippen molar-refractivity contribution in [3.8, 4) is 11.5 Å². The average molecular weight is 497 g/mol. The van der Waals surface area contributed by atoms with E-state index in [1.807, 2.05) is 48.5 Å². The van der Waals surface area contributed by atoms with Gasteiger partial charge in [-0.1, -0.05) is 42.8 Å². The van der Waals surface area contributed by atoms with Crippen LogP contribution in [0.3, 0.4) is 0 Å². The first-order chi connectivity index (χ1) is 16.5. The second-order valence-corrected chi connectivity index (χ2v) is 9.21. The summed E-state index contributed by atoms with van der Waals surface area (Å²) < 4.78 is 13.0. The normalized spacial score (nSPS) is 12.9. The lowest BCUT2D eigenvalue weighted by molar-refractivity contribution is -0.145. The van der Waals surface area contributed by atoms with Crippen molar-refractivity contribution in [2.24, 2.45) is 0 Å². The molecule has 4 aromatic rings. The van der Waals surface area contributed by atoms with E-state index in [2.05, 4.69) is 11.4 Å². The number of thiazole rings is 1. The molecule has 0 bridgehead atoms. The van der Waals surface area contributed by atoms with Gasteiger partial charge in [0, 0.05) is 18.1 Å². The fourth-order valence-electron chi connectivity index (χ4n) is 3.43. The summed E-state index contributed by atoms with van der Waals surface area (Å²) in [5.41, 5.74) is 1.92. The van der Waals surface area contributed by atoms with Crippen LogP contribution in [-0.2, 0) is 11.3 Å². The van der Waals surface area contributed by atoms with Crippen molar-refractivity contribution in [3.05, 3.63) is 88.4 Å². The quantitative estimate of drug-likeness (QED) is 0.261. The summed E-state index contributed by atoms with van der Waals surface area (Å²) in [6.45, 7) is 2.87. The van der Waals surface area contributed by atoms with E-state index in [1.54, 1.807) is 36.5 Å². The van der Waals surface area contributed by atoms with Gasteiger partial charge in [-0.2, -0.15) is 0 Å². The number of hydrogen-bond donors (Lipinski definition) is 2. The van der Waals surface area contributed by atoms with Crippen LogP contribution in [0.15, 0.2) is 72.8 Å². The Hall–Kier alpha value is -3.13. The van der Waals surface area contributed by atoms with Crippen LogP contribution < -0.4 is 14.8 Å². The van der Waals surface area contributed by atoms with Crippen LogP contribution in [0.1, 0.15) is 30.0 Å². The molecular formula is C26H25ClN2O4S. The molecule has 0 fully saturated rings. The number of fused-ring (bicyclic) bond motifs is 1. The van der Waals surface area contributed by atoms with Crippen LogP contribution in [0.2, 0.25) is 5.02 Å². The Morgan fingerprint density at radius 2 is 1.85 bits per heavy atom. The second kappa shape index (κ2) is 11.3. The number of halogens is 1. The smallest absolute Gasteiger partial charge is 0.344 e. The Morgan fingerprint density at radius 1 is 1.06 bits per heavy atom. The van der Waals surface area contributed by atoms with Crippen molar-refractivity contribution in [3.63, 3.8) is 0 Å². The van der Waals surface area contributed by atoms with Gasteiger partial charge in [-0.05, 0) is 60.5 Å². The van der Waals surface area contributed by atoms with Crippen LogP contribution in [-0.4, -0.2) is 28.7 Å². The first-order valence-corrected chi connectivity index (χ1v) is 12.2. The number of aromatic nitrogens is 1. The number of hydrogen-bond acceptors (Lipinski definition) is 6. The highest BCUT2D eigenvalue weighted by molar-refractivity contribution is 7.18. The molecule has 34 heavy (non-hydrogen) atoms. The maximum atomic E-state index is 11.3. The molecule has 3 aromatic carbocycles. The Morgan fingerprint density at radius 3 is 2.59 bits per heavy atom. The molecule has 0 aliphatic carbocycles. The van der Waals surface area contributed by atoms with E-state index in [9.17, 15) is 9.90 Å². The maximum absolute atomic E-state index is 11.3. The number of para-hydroxylation sites is 1. The van der Waals surface area contributed by atoms with Crippen LogP contribution >= 0.6 is 22.9 Å². The average Bonchev–Trinajstić information content (AvgIpc) is 3.27. The van der Waals surface area contributed by atoms with Crippen molar-refractivity contribution < 1.29 is 19.4 Å². The Bertz CT molecular complexity index is 1210. The lowest BCUT2D eigenvalue weighted by Gasteiger charge is -2.18. The molecule has 6 nitrogen and oxygen atoms in total. The van der Waals surface area contributed by atoms with Crippen LogP contribution in [0, 0.1) is 0 Å². The zero-order chi connectivity index (χ0) is 23.9. The molecule has 2 N–H and O–H groups in total. The first-order valence-electron chi connectivity index (χ1n) is 11.0. The lowest BCUT2D eigenvalue weighted by atomic mass is 10.2. The van der Waals surface area contributed by atoms with Gasteiger partial charge in [-0.3, -0.25) is 0 Å². The molecule has 2 unspecified atom stereocenters. The number of nitrogens with one attached hydrogen (secondary N) is 1. The van der Waals surface area contributed by atoms with E-state index < -0.39 is 12.1 Å². The number of carboxylic acids is 1. The SMILES string of the molecule is CCC(Oc1cccc(CNCC(Oc2ccc(Cl)cc2)c2nc3ccccc3s2)c1)C(=O)O. The minimum Gasteiger partial charge on any atom is -0.482 e. The molecule has 2 atom stereocenters. The lowest BCUT2D eigenvalue weighted by Crippen LogP contribution is -2.26. The predicted molar refractivity (Wildman–Crippen MR) is 135 cm³/mol. The summed E-state index contributed by atoms with van der Waals surface area (Å²) >= 11 is 7.63. The fourth-order valence-corrected chi connectivity index (χ4v) is 4.56. The third-order valence-corrected chi connectivity index (χ3v) is 6.54. The minimum absolute atomic E-state index is 0.297. The van der Waals surface area contributed by atoms with E-state index in [1.165, 1.54) is 0 Å². The molecule has 4 rings (SSSR count). The van der Waals surface area contributed by atoms with Crippen molar-refractivity contribution in [1.82, 2.24) is 10.3 Å². The van der Waals surface area contributed by atoms with Gasteiger partial charge in [0.05, 0.1) is 10.2 Å². The molecule has 1 aromatic heterocycles. The van der Waals surface area contributed by atoms with Gasteiger partial charge in [0.15, 0.2) is 12.2 Å². The summed E-state index contributed by atoms with van der Waals surface area (Å²) in [5.74, 6) is 0.280. The number of aliphatic carboxylic acids is 1. The minimum atomic E-state index is -0.968. The molecule has 1 heterocycles. The molecule has 0 amide bonds. The third kappa shape index (κ3) is 6.26. The van der Waals surface area contributed by atoms with Gasteiger partial charge in [-0.25, -0.2) is 9.78 Å². The van der Waals surface area contributed by atoms with E-state index in [0.29, 0.717) is 36.0 Å². The van der Waals surface area contributed by atoms with Gasteiger partial charge in [0.2, 0.25) is 0 Å². The monoisotopic (exact) mass is 496 g/mol. The number of ether oxygens (including phenoxy) is 2. The molecule has 0 saturated carbocycles. The zero-order valence-electron chi connectivity index (χ0n) is 18.6. The molecule has 0 aliphatic heterocycles. The molecule has 0 aliphatic rings. The molecule has 8 heteroatoms. The number of nitrogens with zero attached hydrogens (tertiary/aromatic N) is 1. The Labute approximate surface area is 207 Å². The van der Waals surface area contributed by atoms with Crippen molar-refractivity contribution in [2.45, 2.75) is 32.1 Å². The summed E-state index contributed by atoms with van der Waals surface area (Å²) in [6, 6.07) is 22.7. The molecule has 0 saturated heterocycles. The van der Waals surface area contributed by atoms with Crippen molar-refractivity contribution >= 4 is 39.1 Å². The Balaban J connectivity index is 1.46. The molecular weight excluding hydrogens is 472 g/mol. The summed E-state index contributed by atoms with van der Waals surface area (Å²) in [6.07, 6.45) is -0.766. The largest absolute Gasteiger partial charge is 0.482 e. The van der Waals surface area contributed by atoms with Crippen molar-refractivity contribution in [2.75, 3.05) is 6.54 Å². The topological polar surface area (TPSA) is 80.7 Å². The van der Waals surface area contributed by atoms with Gasteiger partial charge in [0.1, 0.15) is 16.5 Å². The first kappa shape index (κ1) is 24.0. The summed E-state index contributed by atoms with van der Waals surface area (Å²) in [7, 11) is 0. The van der Waals surface area contributed by atoms with E-state index in [-0.39, 0.29) is 6.10 Å². The number of carboxylic acid groups (broad SMARTS) is 1. The van der Waals surface area contributed by atoms with E-state index >= 15 is 0 Å². The standard InChI is InChI=1S/C26H25ClN2O4S/c1-2-22(26(30)31)33-20-7-5-6-17(14-20)15-28-16-23(32-19-12-10-18(27)11-13-19)25-29-21-8-3-4-9-24(21)34-25/h3-14,22-23,28H,2,15-16H2,1H3,(H,30,31). The Kier molecular flexibility index (Phi) is 8.00.